The van der Waals surface area contributed by atoms with Crippen molar-refractivity contribution in [3.05, 3.63) is 63.1 Å². The second kappa shape index (κ2) is 8.03. The molecule has 2 aromatic rings. The molecule has 0 atom stereocenters. The minimum atomic E-state index is -0.422. The van der Waals surface area contributed by atoms with Crippen LogP contribution in [0.4, 0.5) is 0 Å². The molecule has 1 amide bonds. The van der Waals surface area contributed by atoms with Crippen LogP contribution in [0, 0.1) is 0 Å². The van der Waals surface area contributed by atoms with E-state index in [1.807, 2.05) is 0 Å². The number of nitrogens with zero attached hydrogens (tertiary/aromatic N) is 1. The van der Waals surface area contributed by atoms with E-state index in [-0.39, 0.29) is 6.61 Å². The van der Waals surface area contributed by atoms with E-state index in [2.05, 4.69) is 10.5 Å². The van der Waals surface area contributed by atoms with Crippen LogP contribution in [0.3, 0.4) is 0 Å². The number of halogens is 3. The molecule has 4 nitrogen and oxygen atoms in total. The van der Waals surface area contributed by atoms with Crippen molar-refractivity contribution in [2.75, 3.05) is 6.61 Å². The van der Waals surface area contributed by atoms with Crippen LogP contribution in [0.25, 0.3) is 0 Å². The van der Waals surface area contributed by atoms with Crippen molar-refractivity contribution in [1.82, 2.24) is 5.43 Å². The van der Waals surface area contributed by atoms with Crippen molar-refractivity contribution >= 4 is 46.9 Å². The smallest absolute Gasteiger partial charge is 0.277 e. The molecule has 114 valence electrons. The summed E-state index contributed by atoms with van der Waals surface area (Å²) in [5.41, 5.74) is 2.93. The first-order valence-corrected chi connectivity index (χ1v) is 7.34. The fourth-order valence-electron chi connectivity index (χ4n) is 1.53. The molecule has 0 saturated carbocycles. The normalized spacial score (nSPS) is 10.7. The molecular weight excluding hydrogens is 347 g/mol. The average molecular weight is 358 g/mol. The molecular formula is C15H11Cl3N2O2. The van der Waals surface area contributed by atoms with Crippen LogP contribution < -0.4 is 10.2 Å². The van der Waals surface area contributed by atoms with Crippen LogP contribution in [0.2, 0.25) is 15.1 Å². The minimum Gasteiger partial charge on any atom is -0.482 e. The van der Waals surface area contributed by atoms with E-state index in [1.54, 1.807) is 42.5 Å². The summed E-state index contributed by atoms with van der Waals surface area (Å²) in [6, 6.07) is 12.0. The highest BCUT2D eigenvalue weighted by Crippen LogP contribution is 2.24. The predicted molar refractivity (Wildman–Crippen MR) is 89.1 cm³/mol. The highest BCUT2D eigenvalue weighted by atomic mass is 35.5. The number of para-hydroxylation sites is 1. The molecule has 0 radical (unpaired) electrons. The highest BCUT2D eigenvalue weighted by Gasteiger charge is 2.05. The van der Waals surface area contributed by atoms with Gasteiger partial charge in [-0.25, -0.2) is 5.43 Å². The molecule has 0 aromatic heterocycles. The van der Waals surface area contributed by atoms with Crippen molar-refractivity contribution in [3.63, 3.8) is 0 Å². The standard InChI is InChI=1S/C15H11Cl3N2O2/c16-11-5-1-2-7-13(11)22-9-14(21)20-19-8-10-4-3-6-12(17)15(10)18/h1-8H,9H2,(H,20,21). The molecule has 0 heterocycles. The van der Waals surface area contributed by atoms with Gasteiger partial charge in [0.1, 0.15) is 5.75 Å². The number of rotatable bonds is 5. The third-order valence-electron chi connectivity index (χ3n) is 2.57. The van der Waals surface area contributed by atoms with Crippen LogP contribution in [-0.4, -0.2) is 18.7 Å². The summed E-state index contributed by atoms with van der Waals surface area (Å²) in [4.78, 5) is 11.6. The number of hydrogen-bond acceptors (Lipinski definition) is 3. The van der Waals surface area contributed by atoms with Gasteiger partial charge in [0.25, 0.3) is 5.91 Å². The third kappa shape index (κ3) is 4.63. The first-order chi connectivity index (χ1) is 10.6. The quantitative estimate of drug-likeness (QED) is 0.645. The highest BCUT2D eigenvalue weighted by molar-refractivity contribution is 6.43. The Morgan fingerprint density at radius 1 is 1.09 bits per heavy atom. The maximum absolute atomic E-state index is 11.6. The Balaban J connectivity index is 1.86. The molecule has 0 aliphatic carbocycles. The van der Waals surface area contributed by atoms with Crippen LogP contribution in [-0.2, 0) is 4.79 Å². The predicted octanol–water partition coefficient (Wildman–Crippen LogP) is 4.18. The molecule has 22 heavy (non-hydrogen) atoms. The van der Waals surface area contributed by atoms with E-state index in [4.69, 9.17) is 39.5 Å². The number of ether oxygens (including phenoxy) is 1. The van der Waals surface area contributed by atoms with Gasteiger partial charge >= 0.3 is 0 Å². The van der Waals surface area contributed by atoms with E-state index >= 15 is 0 Å². The molecule has 0 bridgehead atoms. The van der Waals surface area contributed by atoms with Crippen molar-refractivity contribution in [2.45, 2.75) is 0 Å². The molecule has 0 fully saturated rings. The summed E-state index contributed by atoms with van der Waals surface area (Å²) in [6.07, 6.45) is 1.40. The summed E-state index contributed by atoms with van der Waals surface area (Å²) in [7, 11) is 0. The maximum Gasteiger partial charge on any atom is 0.277 e. The van der Waals surface area contributed by atoms with Gasteiger partial charge in [0.05, 0.1) is 21.3 Å². The fourth-order valence-corrected chi connectivity index (χ4v) is 2.08. The molecule has 1 N–H and O–H groups in total. The second-order valence-electron chi connectivity index (χ2n) is 4.16. The summed E-state index contributed by atoms with van der Waals surface area (Å²) >= 11 is 17.8. The van der Waals surface area contributed by atoms with E-state index < -0.39 is 5.91 Å². The molecule has 0 unspecified atom stereocenters. The lowest BCUT2D eigenvalue weighted by molar-refractivity contribution is -0.123. The SMILES string of the molecule is O=C(COc1ccccc1Cl)NN=Cc1cccc(Cl)c1Cl. The molecule has 0 aliphatic rings. The topological polar surface area (TPSA) is 50.7 Å². The van der Waals surface area contributed by atoms with Gasteiger partial charge in [0.2, 0.25) is 0 Å². The van der Waals surface area contributed by atoms with Crippen molar-refractivity contribution < 1.29 is 9.53 Å². The molecule has 2 rings (SSSR count). The Kier molecular flexibility index (Phi) is 6.07. The molecule has 0 saturated heterocycles. The van der Waals surface area contributed by atoms with E-state index in [0.717, 1.165) is 0 Å². The van der Waals surface area contributed by atoms with Crippen molar-refractivity contribution in [3.8, 4) is 5.75 Å². The number of benzene rings is 2. The molecule has 2 aromatic carbocycles. The number of amides is 1. The second-order valence-corrected chi connectivity index (χ2v) is 5.35. The molecule has 7 heteroatoms. The van der Waals surface area contributed by atoms with E-state index in [0.29, 0.717) is 26.4 Å². The summed E-state index contributed by atoms with van der Waals surface area (Å²) in [6.45, 7) is -0.204. The van der Waals surface area contributed by atoms with Crippen LogP contribution in [0.5, 0.6) is 5.75 Å². The molecule has 0 aliphatic heterocycles. The summed E-state index contributed by atoms with van der Waals surface area (Å²) in [5.74, 6) is 0.00972. The van der Waals surface area contributed by atoms with Gasteiger partial charge in [-0.15, -0.1) is 0 Å². The first-order valence-electron chi connectivity index (χ1n) is 6.21. The number of hydrazone groups is 1. The zero-order valence-corrected chi connectivity index (χ0v) is 13.5. The van der Waals surface area contributed by atoms with Gasteiger partial charge in [-0.2, -0.15) is 5.10 Å². The van der Waals surface area contributed by atoms with E-state index in [1.165, 1.54) is 6.21 Å². The van der Waals surface area contributed by atoms with Crippen LogP contribution in [0.1, 0.15) is 5.56 Å². The Bertz CT molecular complexity index is 705. The van der Waals surface area contributed by atoms with Crippen molar-refractivity contribution in [2.24, 2.45) is 5.10 Å². The van der Waals surface area contributed by atoms with Crippen LogP contribution >= 0.6 is 34.8 Å². The summed E-state index contributed by atoms with van der Waals surface area (Å²) < 4.78 is 5.28. The first kappa shape index (κ1) is 16.6. The summed E-state index contributed by atoms with van der Waals surface area (Å²) in [5, 5.41) is 5.02. The van der Waals surface area contributed by atoms with Crippen molar-refractivity contribution in [1.29, 1.82) is 0 Å². The lowest BCUT2D eigenvalue weighted by Crippen LogP contribution is -2.24. The number of carbonyl (C=O) groups is 1. The fraction of sp³-hybridized carbons (Fsp3) is 0.0667. The maximum atomic E-state index is 11.6. The van der Waals surface area contributed by atoms with Gasteiger partial charge in [-0.05, 0) is 18.2 Å². The average Bonchev–Trinajstić information content (AvgIpc) is 2.51. The lowest BCUT2D eigenvalue weighted by Gasteiger charge is -2.06. The monoisotopic (exact) mass is 356 g/mol. The van der Waals surface area contributed by atoms with Gasteiger partial charge in [0, 0.05) is 5.56 Å². The largest absolute Gasteiger partial charge is 0.482 e. The zero-order chi connectivity index (χ0) is 15.9. The Labute approximate surface area is 142 Å². The van der Waals surface area contributed by atoms with Gasteiger partial charge in [-0.1, -0.05) is 59.1 Å². The minimum absolute atomic E-state index is 0.204. The third-order valence-corrected chi connectivity index (χ3v) is 3.72. The zero-order valence-electron chi connectivity index (χ0n) is 11.2. The van der Waals surface area contributed by atoms with Gasteiger partial charge in [0.15, 0.2) is 6.61 Å². The number of nitrogens with one attached hydrogen (secondary N) is 1. The number of hydrogen-bond donors (Lipinski definition) is 1. The van der Waals surface area contributed by atoms with E-state index in [9.17, 15) is 4.79 Å². The number of carbonyl (C=O) groups excluding carboxylic acids is 1. The van der Waals surface area contributed by atoms with Gasteiger partial charge < -0.3 is 4.74 Å². The Hall–Kier alpha value is -1.75. The lowest BCUT2D eigenvalue weighted by atomic mass is 10.2. The van der Waals surface area contributed by atoms with Gasteiger partial charge in [-0.3, -0.25) is 4.79 Å². The molecule has 0 spiro atoms. The Morgan fingerprint density at radius 2 is 1.82 bits per heavy atom. The van der Waals surface area contributed by atoms with Crippen LogP contribution in [0.15, 0.2) is 47.6 Å². The Morgan fingerprint density at radius 3 is 2.59 bits per heavy atom.